The number of amides is 3. The number of carbonyl (C=O) groups excluding carboxylic acids is 3. The van der Waals surface area contributed by atoms with Crippen molar-refractivity contribution in [1.29, 1.82) is 0 Å². The molecule has 2 aliphatic rings. The lowest BCUT2D eigenvalue weighted by Crippen LogP contribution is -2.41. The van der Waals surface area contributed by atoms with E-state index in [0.29, 0.717) is 24.5 Å². The second-order valence-corrected chi connectivity index (χ2v) is 5.87. The topological polar surface area (TPSA) is 66.9 Å². The molecule has 3 rings (SSSR count). The summed E-state index contributed by atoms with van der Waals surface area (Å²) in [6, 6.07) is 6.84. The number of carbonyl (C=O) groups is 3. The van der Waals surface area contributed by atoms with Gasteiger partial charge >= 0.3 is 6.09 Å². The number of cyclic esters (lactones) is 1. The SMILES string of the molecule is O=C(/C=C/c1ccc(Cl)cc1)N1CC[C@H](N2C(=O)COC2=O)C1. The Kier molecular flexibility index (Phi) is 4.34. The van der Waals surface area contributed by atoms with Crippen LogP contribution in [0.3, 0.4) is 0 Å². The first kappa shape index (κ1) is 15.6. The van der Waals surface area contributed by atoms with E-state index in [1.54, 1.807) is 23.1 Å². The number of benzene rings is 1. The first-order valence-electron chi connectivity index (χ1n) is 7.26. The summed E-state index contributed by atoms with van der Waals surface area (Å²) in [5, 5.41) is 0.637. The van der Waals surface area contributed by atoms with Gasteiger partial charge in [-0.25, -0.2) is 9.69 Å². The van der Waals surface area contributed by atoms with Crippen molar-refractivity contribution in [3.8, 4) is 0 Å². The fraction of sp³-hybridized carbons (Fsp3) is 0.312. The number of rotatable bonds is 3. The smallest absolute Gasteiger partial charge is 0.417 e. The molecule has 1 atom stereocenters. The van der Waals surface area contributed by atoms with Gasteiger partial charge in [0, 0.05) is 24.2 Å². The summed E-state index contributed by atoms with van der Waals surface area (Å²) >= 11 is 5.81. The van der Waals surface area contributed by atoms with Crippen LogP contribution in [0.2, 0.25) is 5.02 Å². The van der Waals surface area contributed by atoms with Gasteiger partial charge in [0.1, 0.15) is 0 Å². The minimum Gasteiger partial charge on any atom is -0.439 e. The lowest BCUT2D eigenvalue weighted by Gasteiger charge is -2.19. The molecule has 0 bridgehead atoms. The predicted octanol–water partition coefficient (Wildman–Crippen LogP) is 1.93. The van der Waals surface area contributed by atoms with E-state index in [-0.39, 0.29) is 24.5 Å². The molecule has 2 saturated heterocycles. The van der Waals surface area contributed by atoms with Crippen LogP contribution in [0.5, 0.6) is 0 Å². The van der Waals surface area contributed by atoms with Crippen molar-refractivity contribution in [2.75, 3.05) is 19.7 Å². The Hall–Kier alpha value is -2.34. The zero-order valence-corrected chi connectivity index (χ0v) is 13.0. The van der Waals surface area contributed by atoms with E-state index in [1.165, 1.54) is 6.08 Å². The van der Waals surface area contributed by atoms with Crippen LogP contribution in [-0.2, 0) is 14.3 Å². The molecule has 7 heteroatoms. The van der Waals surface area contributed by atoms with Crippen molar-refractivity contribution >= 4 is 35.6 Å². The Labute approximate surface area is 138 Å². The van der Waals surface area contributed by atoms with Crippen LogP contribution in [0.4, 0.5) is 4.79 Å². The summed E-state index contributed by atoms with van der Waals surface area (Å²) in [4.78, 5) is 38.1. The van der Waals surface area contributed by atoms with Crippen molar-refractivity contribution in [2.45, 2.75) is 12.5 Å². The summed E-state index contributed by atoms with van der Waals surface area (Å²) in [6.45, 7) is 0.635. The highest BCUT2D eigenvalue weighted by molar-refractivity contribution is 6.30. The van der Waals surface area contributed by atoms with E-state index in [4.69, 9.17) is 16.3 Å². The third-order valence-corrected chi connectivity index (χ3v) is 4.17. The van der Waals surface area contributed by atoms with E-state index in [1.807, 2.05) is 12.1 Å². The molecule has 0 radical (unpaired) electrons. The van der Waals surface area contributed by atoms with E-state index >= 15 is 0 Å². The summed E-state index contributed by atoms with van der Waals surface area (Å²) in [5.41, 5.74) is 0.872. The summed E-state index contributed by atoms with van der Waals surface area (Å²) in [6.07, 6.45) is 3.14. The van der Waals surface area contributed by atoms with Crippen LogP contribution >= 0.6 is 11.6 Å². The molecule has 23 heavy (non-hydrogen) atoms. The molecule has 2 fully saturated rings. The fourth-order valence-corrected chi connectivity index (χ4v) is 2.84. The van der Waals surface area contributed by atoms with Crippen LogP contribution < -0.4 is 0 Å². The minimum absolute atomic E-state index is 0.150. The number of imide groups is 1. The molecular weight excluding hydrogens is 320 g/mol. The van der Waals surface area contributed by atoms with Crippen molar-refractivity contribution < 1.29 is 19.1 Å². The Bertz CT molecular complexity index is 655. The molecule has 2 aliphatic heterocycles. The van der Waals surface area contributed by atoms with E-state index in [2.05, 4.69) is 0 Å². The normalized spacial score (nSPS) is 21.3. The molecule has 0 spiro atoms. The number of halogens is 1. The Morgan fingerprint density at radius 2 is 2.00 bits per heavy atom. The fourth-order valence-electron chi connectivity index (χ4n) is 2.72. The van der Waals surface area contributed by atoms with E-state index in [0.717, 1.165) is 10.5 Å². The van der Waals surface area contributed by atoms with Crippen LogP contribution in [0.25, 0.3) is 6.08 Å². The molecule has 1 aromatic carbocycles. The standard InChI is InChI=1S/C16H15ClN2O4/c17-12-4-1-11(2-5-12)3-6-14(20)18-8-7-13(9-18)19-15(21)10-23-16(19)22/h1-6,13H,7-10H2/b6-3+/t13-/m0/s1. The second kappa shape index (κ2) is 6.42. The van der Waals surface area contributed by atoms with E-state index < -0.39 is 6.09 Å². The number of hydrogen-bond acceptors (Lipinski definition) is 4. The van der Waals surface area contributed by atoms with Gasteiger partial charge < -0.3 is 9.64 Å². The van der Waals surface area contributed by atoms with Crippen LogP contribution in [0.15, 0.2) is 30.3 Å². The first-order chi connectivity index (χ1) is 11.0. The maximum absolute atomic E-state index is 12.2. The molecular formula is C16H15ClN2O4. The molecule has 3 amide bonds. The molecule has 0 aliphatic carbocycles. The van der Waals surface area contributed by atoms with Gasteiger partial charge in [-0.2, -0.15) is 0 Å². The molecule has 120 valence electrons. The van der Waals surface area contributed by atoms with Gasteiger partial charge in [-0.05, 0) is 30.2 Å². The zero-order chi connectivity index (χ0) is 16.4. The highest BCUT2D eigenvalue weighted by Gasteiger charge is 2.40. The molecule has 0 aromatic heterocycles. The van der Waals surface area contributed by atoms with Gasteiger partial charge in [-0.1, -0.05) is 23.7 Å². The van der Waals surface area contributed by atoms with Crippen molar-refractivity contribution in [3.05, 3.63) is 40.9 Å². The third-order valence-electron chi connectivity index (χ3n) is 3.91. The summed E-state index contributed by atoms with van der Waals surface area (Å²) < 4.78 is 4.71. The van der Waals surface area contributed by atoms with Gasteiger partial charge in [0.2, 0.25) is 5.91 Å². The third kappa shape index (κ3) is 3.37. The largest absolute Gasteiger partial charge is 0.439 e. The zero-order valence-electron chi connectivity index (χ0n) is 12.3. The lowest BCUT2D eigenvalue weighted by molar-refractivity contribution is -0.128. The monoisotopic (exact) mass is 334 g/mol. The number of hydrogen-bond donors (Lipinski definition) is 0. The summed E-state index contributed by atoms with van der Waals surface area (Å²) in [5.74, 6) is -0.492. The van der Waals surface area contributed by atoms with Gasteiger partial charge in [0.05, 0.1) is 6.04 Å². The van der Waals surface area contributed by atoms with Gasteiger partial charge in [0.15, 0.2) is 6.61 Å². The molecule has 0 saturated carbocycles. The minimum atomic E-state index is -0.619. The van der Waals surface area contributed by atoms with Crippen molar-refractivity contribution in [3.63, 3.8) is 0 Å². The molecule has 1 aromatic rings. The Balaban J connectivity index is 1.60. The Morgan fingerprint density at radius 3 is 2.65 bits per heavy atom. The first-order valence-corrected chi connectivity index (χ1v) is 7.64. The van der Waals surface area contributed by atoms with Crippen molar-refractivity contribution in [2.24, 2.45) is 0 Å². The van der Waals surface area contributed by atoms with Crippen LogP contribution in [0, 0.1) is 0 Å². The highest BCUT2D eigenvalue weighted by Crippen LogP contribution is 2.20. The molecule has 0 N–H and O–H groups in total. The van der Waals surface area contributed by atoms with Crippen molar-refractivity contribution in [1.82, 2.24) is 9.80 Å². The average molecular weight is 335 g/mol. The summed E-state index contributed by atoms with van der Waals surface area (Å²) in [7, 11) is 0. The lowest BCUT2D eigenvalue weighted by atomic mass is 10.2. The predicted molar refractivity (Wildman–Crippen MR) is 83.7 cm³/mol. The van der Waals surface area contributed by atoms with Gasteiger partial charge in [-0.15, -0.1) is 0 Å². The second-order valence-electron chi connectivity index (χ2n) is 5.43. The molecule has 2 heterocycles. The Morgan fingerprint density at radius 1 is 1.26 bits per heavy atom. The van der Waals surface area contributed by atoms with Crippen LogP contribution in [0.1, 0.15) is 12.0 Å². The average Bonchev–Trinajstić information content (AvgIpc) is 3.13. The quantitative estimate of drug-likeness (QED) is 0.792. The highest BCUT2D eigenvalue weighted by atomic mass is 35.5. The number of likely N-dealkylation sites (tertiary alicyclic amines) is 1. The van der Waals surface area contributed by atoms with E-state index in [9.17, 15) is 14.4 Å². The van der Waals surface area contributed by atoms with Gasteiger partial charge in [0.25, 0.3) is 5.91 Å². The number of ether oxygens (including phenoxy) is 1. The maximum atomic E-state index is 12.2. The van der Waals surface area contributed by atoms with Gasteiger partial charge in [-0.3, -0.25) is 9.59 Å². The maximum Gasteiger partial charge on any atom is 0.417 e. The molecule has 0 unspecified atom stereocenters. The van der Waals surface area contributed by atoms with Crippen LogP contribution in [-0.4, -0.2) is 53.4 Å². The number of nitrogens with zero attached hydrogens (tertiary/aromatic N) is 2. The molecule has 6 nitrogen and oxygen atoms in total.